The van der Waals surface area contributed by atoms with E-state index in [1.54, 1.807) is 55.5 Å². The van der Waals surface area contributed by atoms with Crippen molar-refractivity contribution in [2.45, 2.75) is 64.1 Å². The van der Waals surface area contributed by atoms with Gasteiger partial charge in [-0.15, -0.1) is 0 Å². The van der Waals surface area contributed by atoms with Crippen LogP contribution in [0.5, 0.6) is 0 Å². The Balaban J connectivity index is 1.86. The third-order valence-electron chi connectivity index (χ3n) is 7.36. The third kappa shape index (κ3) is 8.90. The predicted octanol–water partition coefficient (Wildman–Crippen LogP) is 7.36. The molecule has 0 unspecified atom stereocenters. The topological polar surface area (TPSA) is 86.8 Å². The number of carbonyl (C=O) groups is 2. The number of amides is 2. The van der Waals surface area contributed by atoms with Gasteiger partial charge in [-0.2, -0.15) is 0 Å². The van der Waals surface area contributed by atoms with E-state index in [1.807, 2.05) is 64.1 Å². The summed E-state index contributed by atoms with van der Waals surface area (Å²) in [4.78, 5) is 30.1. The molecule has 0 saturated heterocycles. The third-order valence-corrected chi connectivity index (χ3v) is 9.72. The molecule has 1 N–H and O–H groups in total. The van der Waals surface area contributed by atoms with E-state index in [9.17, 15) is 18.0 Å². The van der Waals surface area contributed by atoms with Crippen LogP contribution in [0.2, 0.25) is 10.0 Å². The molecule has 4 aromatic rings. The fraction of sp³-hybridized carbons (Fsp3) is 0.278. The van der Waals surface area contributed by atoms with Gasteiger partial charge in [-0.3, -0.25) is 13.9 Å². The summed E-state index contributed by atoms with van der Waals surface area (Å²) in [6, 6.07) is 26.7. The first kappa shape index (κ1) is 35.0. The smallest absolute Gasteiger partial charge is 0.264 e. The second-order valence-electron chi connectivity index (χ2n) is 12.3. The second kappa shape index (κ2) is 14.7. The number of hydrogen-bond donors (Lipinski definition) is 1. The Hall–Kier alpha value is -3.85. The summed E-state index contributed by atoms with van der Waals surface area (Å²) < 4.78 is 29.5. The van der Waals surface area contributed by atoms with Gasteiger partial charge in [0.05, 0.1) is 10.6 Å². The molecule has 0 aromatic heterocycles. The molecule has 0 radical (unpaired) electrons. The summed E-state index contributed by atoms with van der Waals surface area (Å²) in [5, 5.41) is 3.77. The molecule has 0 spiro atoms. The Morgan fingerprint density at radius 1 is 0.848 bits per heavy atom. The van der Waals surface area contributed by atoms with Crippen molar-refractivity contribution in [3.8, 4) is 0 Å². The molecule has 4 aromatic carbocycles. The van der Waals surface area contributed by atoms with Crippen LogP contribution in [0.3, 0.4) is 0 Å². The van der Waals surface area contributed by atoms with Crippen molar-refractivity contribution in [1.82, 2.24) is 10.2 Å². The minimum absolute atomic E-state index is 0.0429. The zero-order chi connectivity index (χ0) is 33.6. The number of aryl methyl sites for hydroxylation is 2. The minimum atomic E-state index is -4.20. The summed E-state index contributed by atoms with van der Waals surface area (Å²) in [5.74, 6) is -0.950. The lowest BCUT2D eigenvalue weighted by Gasteiger charge is -2.35. The fourth-order valence-corrected chi connectivity index (χ4v) is 7.13. The maximum absolute atomic E-state index is 14.6. The SMILES string of the molecule is Cc1ccc(N(CC(=O)N(Cc2ccc(Cl)cc2Cl)[C@H](Cc2ccccc2)C(=O)NC(C)(C)C)S(=O)(=O)c2ccccc2)c(C)c1. The quantitative estimate of drug-likeness (QED) is 0.179. The molecule has 242 valence electrons. The average molecular weight is 681 g/mol. The van der Waals surface area contributed by atoms with Gasteiger partial charge in [0.25, 0.3) is 10.0 Å². The van der Waals surface area contributed by atoms with Crippen LogP contribution in [0.15, 0.2) is 102 Å². The molecule has 0 heterocycles. The molecule has 0 fully saturated rings. The molecule has 0 saturated carbocycles. The lowest BCUT2D eigenvalue weighted by molar-refractivity contribution is -0.140. The van der Waals surface area contributed by atoms with Gasteiger partial charge in [0.15, 0.2) is 0 Å². The zero-order valence-corrected chi connectivity index (χ0v) is 29.0. The van der Waals surface area contributed by atoms with Crippen LogP contribution in [-0.2, 0) is 32.6 Å². The van der Waals surface area contributed by atoms with Gasteiger partial charge in [-0.05, 0) is 81.6 Å². The Kier molecular flexibility index (Phi) is 11.2. The van der Waals surface area contributed by atoms with Gasteiger partial charge in [0.1, 0.15) is 12.6 Å². The Morgan fingerprint density at radius 2 is 1.48 bits per heavy atom. The molecular weight excluding hydrogens is 641 g/mol. The normalized spacial score (nSPS) is 12.3. The van der Waals surface area contributed by atoms with E-state index in [1.165, 1.54) is 17.0 Å². The predicted molar refractivity (Wildman–Crippen MR) is 186 cm³/mol. The first-order chi connectivity index (χ1) is 21.7. The summed E-state index contributed by atoms with van der Waals surface area (Å²) in [5.41, 5.74) is 2.80. The van der Waals surface area contributed by atoms with Crippen molar-refractivity contribution >= 4 is 50.7 Å². The zero-order valence-electron chi connectivity index (χ0n) is 26.6. The van der Waals surface area contributed by atoms with Crippen molar-refractivity contribution in [2.75, 3.05) is 10.8 Å². The molecule has 1 atom stereocenters. The fourth-order valence-electron chi connectivity index (χ4n) is 5.16. The van der Waals surface area contributed by atoms with Crippen LogP contribution in [0.25, 0.3) is 0 Å². The van der Waals surface area contributed by atoms with Crippen LogP contribution in [0, 0.1) is 13.8 Å². The van der Waals surface area contributed by atoms with Crippen molar-refractivity contribution in [3.63, 3.8) is 0 Å². The van der Waals surface area contributed by atoms with Crippen molar-refractivity contribution in [1.29, 1.82) is 0 Å². The van der Waals surface area contributed by atoms with Crippen LogP contribution in [0.4, 0.5) is 5.69 Å². The lowest BCUT2D eigenvalue weighted by atomic mass is 10.0. The number of nitrogens with one attached hydrogen (secondary N) is 1. The standard InChI is InChI=1S/C36H39Cl2N3O4S/c1-25-16-19-32(26(2)20-25)41(46(44,45)30-14-10-7-11-15-30)24-34(42)40(23-28-17-18-29(37)22-31(28)38)33(35(43)39-36(3,4)5)21-27-12-8-6-9-13-27/h6-20,22,33H,21,23-24H2,1-5H3,(H,39,43)/t33-/m1/s1. The molecular formula is C36H39Cl2N3O4S. The highest BCUT2D eigenvalue weighted by atomic mass is 35.5. The Morgan fingerprint density at radius 3 is 2.07 bits per heavy atom. The minimum Gasteiger partial charge on any atom is -0.350 e. The number of rotatable bonds is 11. The molecule has 0 aliphatic heterocycles. The Labute approximate surface area is 282 Å². The maximum atomic E-state index is 14.6. The Bertz CT molecular complexity index is 1790. The molecule has 4 rings (SSSR count). The van der Waals surface area contributed by atoms with E-state index in [0.29, 0.717) is 26.9 Å². The van der Waals surface area contributed by atoms with Gasteiger partial charge in [-0.25, -0.2) is 8.42 Å². The second-order valence-corrected chi connectivity index (χ2v) is 15.0. The van der Waals surface area contributed by atoms with Crippen LogP contribution >= 0.6 is 23.2 Å². The maximum Gasteiger partial charge on any atom is 0.264 e. The number of anilines is 1. The van der Waals surface area contributed by atoms with E-state index in [0.717, 1.165) is 15.4 Å². The average Bonchev–Trinajstić information content (AvgIpc) is 2.99. The van der Waals surface area contributed by atoms with Gasteiger partial charge in [0.2, 0.25) is 11.8 Å². The molecule has 0 bridgehead atoms. The molecule has 7 nitrogen and oxygen atoms in total. The summed E-state index contributed by atoms with van der Waals surface area (Å²) in [7, 11) is -4.20. The summed E-state index contributed by atoms with van der Waals surface area (Å²) in [6.07, 6.45) is 0.189. The molecule has 10 heteroatoms. The highest BCUT2D eigenvalue weighted by Crippen LogP contribution is 2.29. The van der Waals surface area contributed by atoms with Gasteiger partial charge in [-0.1, -0.05) is 95.5 Å². The summed E-state index contributed by atoms with van der Waals surface area (Å²) in [6.45, 7) is 8.69. The number of nitrogens with zero attached hydrogens (tertiary/aromatic N) is 2. The van der Waals surface area contributed by atoms with Crippen LogP contribution < -0.4 is 9.62 Å². The monoisotopic (exact) mass is 679 g/mol. The highest BCUT2D eigenvalue weighted by Gasteiger charge is 2.36. The van der Waals surface area contributed by atoms with Crippen molar-refractivity contribution < 1.29 is 18.0 Å². The first-order valence-corrected chi connectivity index (χ1v) is 17.1. The number of carbonyl (C=O) groups excluding carboxylic acids is 2. The van der Waals surface area contributed by atoms with E-state index in [2.05, 4.69) is 5.32 Å². The van der Waals surface area contributed by atoms with Gasteiger partial charge in [0, 0.05) is 28.5 Å². The number of sulfonamides is 1. The van der Waals surface area contributed by atoms with E-state index < -0.39 is 34.1 Å². The number of benzene rings is 4. The van der Waals surface area contributed by atoms with Crippen molar-refractivity contribution in [3.05, 3.63) is 129 Å². The van der Waals surface area contributed by atoms with E-state index in [4.69, 9.17) is 23.2 Å². The molecule has 0 aliphatic carbocycles. The number of hydrogen-bond acceptors (Lipinski definition) is 4. The van der Waals surface area contributed by atoms with Gasteiger partial charge >= 0.3 is 0 Å². The van der Waals surface area contributed by atoms with Gasteiger partial charge < -0.3 is 10.2 Å². The lowest BCUT2D eigenvalue weighted by Crippen LogP contribution is -2.56. The molecule has 0 aliphatic rings. The first-order valence-electron chi connectivity index (χ1n) is 14.9. The van der Waals surface area contributed by atoms with E-state index in [-0.39, 0.29) is 23.8 Å². The largest absolute Gasteiger partial charge is 0.350 e. The highest BCUT2D eigenvalue weighted by molar-refractivity contribution is 7.92. The number of halogens is 2. The van der Waals surface area contributed by atoms with E-state index >= 15 is 0 Å². The van der Waals surface area contributed by atoms with Crippen LogP contribution in [0.1, 0.15) is 43.0 Å². The van der Waals surface area contributed by atoms with Crippen LogP contribution in [-0.4, -0.2) is 43.3 Å². The molecule has 2 amide bonds. The van der Waals surface area contributed by atoms with Crippen molar-refractivity contribution in [2.24, 2.45) is 0 Å². The molecule has 46 heavy (non-hydrogen) atoms. The summed E-state index contributed by atoms with van der Waals surface area (Å²) >= 11 is 12.8.